The molecule has 2 aromatic carbocycles. The molecular formula is C25H23F2NO4. The summed E-state index contributed by atoms with van der Waals surface area (Å²) in [5.41, 5.74) is 0.346. The number of hydrogen-bond donors (Lipinski definition) is 0. The lowest BCUT2D eigenvalue weighted by atomic mass is 9.82. The minimum Gasteiger partial charge on any atom is -0.465 e. The number of hydrogen-bond acceptors (Lipinski definition) is 4. The number of rotatable bonds is 5. The normalized spacial score (nSPS) is 20.3. The Balaban J connectivity index is 1.69. The van der Waals surface area contributed by atoms with Gasteiger partial charge in [0, 0.05) is 17.8 Å². The standard InChI is InChI=1S/C25H23F2NO4/c1-16-12-25(32-15-16,19-7-9-20(26)10-8-19)21-11-23(29)28(14-22(21)27)13-17-3-5-18(6-4-17)24(30)31-2/h3-11,14,16H,12-13,15H2,1-2H3. The summed E-state index contributed by atoms with van der Waals surface area (Å²) in [5.74, 6) is -1.28. The first-order valence-electron chi connectivity index (χ1n) is 10.3. The molecule has 4 rings (SSSR count). The number of aromatic nitrogens is 1. The zero-order valence-electron chi connectivity index (χ0n) is 17.8. The molecule has 166 valence electrons. The van der Waals surface area contributed by atoms with Gasteiger partial charge < -0.3 is 14.0 Å². The van der Waals surface area contributed by atoms with Crippen molar-refractivity contribution < 1.29 is 23.0 Å². The predicted octanol–water partition coefficient (Wildman–Crippen LogP) is 4.26. The van der Waals surface area contributed by atoms with Crippen molar-refractivity contribution in [2.45, 2.75) is 25.5 Å². The lowest BCUT2D eigenvalue weighted by Crippen LogP contribution is -2.32. The number of methoxy groups -OCH3 is 1. The van der Waals surface area contributed by atoms with Gasteiger partial charge in [0.15, 0.2) is 0 Å². The molecule has 0 spiro atoms. The van der Waals surface area contributed by atoms with Gasteiger partial charge in [0.25, 0.3) is 5.56 Å². The summed E-state index contributed by atoms with van der Waals surface area (Å²) in [5, 5.41) is 0. The summed E-state index contributed by atoms with van der Waals surface area (Å²) in [6.45, 7) is 2.53. The molecule has 0 radical (unpaired) electrons. The molecule has 2 unspecified atom stereocenters. The minimum absolute atomic E-state index is 0.137. The van der Waals surface area contributed by atoms with Gasteiger partial charge in [-0.2, -0.15) is 0 Å². The highest BCUT2D eigenvalue weighted by Gasteiger charge is 2.44. The molecule has 0 N–H and O–H groups in total. The first-order chi connectivity index (χ1) is 15.3. The van der Waals surface area contributed by atoms with E-state index in [-0.39, 0.29) is 23.6 Å². The average Bonchev–Trinajstić information content (AvgIpc) is 3.19. The van der Waals surface area contributed by atoms with E-state index in [2.05, 4.69) is 4.74 Å². The molecule has 1 aliphatic rings. The highest BCUT2D eigenvalue weighted by molar-refractivity contribution is 5.89. The summed E-state index contributed by atoms with van der Waals surface area (Å²) in [6.07, 6.45) is 1.65. The summed E-state index contributed by atoms with van der Waals surface area (Å²) in [4.78, 5) is 24.5. The molecule has 3 aromatic rings. The summed E-state index contributed by atoms with van der Waals surface area (Å²) in [7, 11) is 1.30. The van der Waals surface area contributed by atoms with Crippen molar-refractivity contribution in [1.29, 1.82) is 0 Å². The summed E-state index contributed by atoms with van der Waals surface area (Å²) in [6, 6.07) is 13.6. The maximum absolute atomic E-state index is 15.4. The molecule has 0 bridgehead atoms. The molecule has 1 saturated heterocycles. The number of benzene rings is 2. The maximum Gasteiger partial charge on any atom is 0.337 e. The Morgan fingerprint density at radius 1 is 1.16 bits per heavy atom. The van der Waals surface area contributed by atoms with Crippen molar-refractivity contribution in [2.75, 3.05) is 13.7 Å². The highest BCUT2D eigenvalue weighted by Crippen LogP contribution is 2.45. The van der Waals surface area contributed by atoms with E-state index in [1.54, 1.807) is 36.4 Å². The van der Waals surface area contributed by atoms with Gasteiger partial charge in [-0.25, -0.2) is 13.6 Å². The Bertz CT molecular complexity index is 1190. The monoisotopic (exact) mass is 439 g/mol. The number of esters is 1. The van der Waals surface area contributed by atoms with E-state index >= 15 is 4.39 Å². The van der Waals surface area contributed by atoms with Crippen LogP contribution in [-0.4, -0.2) is 24.3 Å². The first-order valence-corrected chi connectivity index (χ1v) is 10.3. The van der Waals surface area contributed by atoms with Crippen molar-refractivity contribution >= 4 is 5.97 Å². The zero-order valence-corrected chi connectivity index (χ0v) is 17.8. The number of pyridine rings is 1. The largest absolute Gasteiger partial charge is 0.465 e. The second kappa shape index (κ2) is 8.67. The van der Waals surface area contributed by atoms with Crippen molar-refractivity contribution in [3.05, 3.63) is 105 Å². The molecule has 32 heavy (non-hydrogen) atoms. The van der Waals surface area contributed by atoms with E-state index in [1.165, 1.54) is 36.1 Å². The van der Waals surface area contributed by atoms with Crippen LogP contribution in [0.2, 0.25) is 0 Å². The molecule has 2 atom stereocenters. The fraction of sp³-hybridized carbons (Fsp3) is 0.280. The number of halogens is 2. The van der Waals surface area contributed by atoms with E-state index in [4.69, 9.17) is 4.74 Å². The van der Waals surface area contributed by atoms with Crippen LogP contribution in [-0.2, 0) is 21.6 Å². The molecule has 5 nitrogen and oxygen atoms in total. The second-order valence-electron chi connectivity index (χ2n) is 8.14. The lowest BCUT2D eigenvalue weighted by molar-refractivity contribution is 0.0314. The quantitative estimate of drug-likeness (QED) is 0.558. The Morgan fingerprint density at radius 2 is 1.84 bits per heavy atom. The Morgan fingerprint density at radius 3 is 2.44 bits per heavy atom. The molecule has 1 aromatic heterocycles. The molecule has 0 saturated carbocycles. The Labute approximate surface area is 184 Å². The van der Waals surface area contributed by atoms with Crippen LogP contribution in [0.25, 0.3) is 0 Å². The summed E-state index contributed by atoms with van der Waals surface area (Å²) < 4.78 is 40.8. The van der Waals surface area contributed by atoms with Gasteiger partial charge in [-0.3, -0.25) is 4.79 Å². The first kappa shape index (κ1) is 21.9. The topological polar surface area (TPSA) is 57.5 Å². The van der Waals surface area contributed by atoms with E-state index in [9.17, 15) is 14.0 Å². The fourth-order valence-electron chi connectivity index (χ4n) is 4.20. The predicted molar refractivity (Wildman–Crippen MR) is 114 cm³/mol. The third kappa shape index (κ3) is 4.08. The van der Waals surface area contributed by atoms with E-state index in [1.807, 2.05) is 6.92 Å². The van der Waals surface area contributed by atoms with E-state index in [0.717, 1.165) is 5.56 Å². The molecular weight excluding hydrogens is 416 g/mol. The smallest absolute Gasteiger partial charge is 0.337 e. The number of ether oxygens (including phenoxy) is 2. The third-order valence-electron chi connectivity index (χ3n) is 5.80. The zero-order chi connectivity index (χ0) is 22.9. The van der Waals surface area contributed by atoms with Crippen LogP contribution < -0.4 is 5.56 Å². The maximum atomic E-state index is 15.4. The molecule has 1 fully saturated rings. The highest BCUT2D eigenvalue weighted by atomic mass is 19.1. The van der Waals surface area contributed by atoms with Crippen LogP contribution in [0.3, 0.4) is 0 Å². The van der Waals surface area contributed by atoms with Crippen molar-refractivity contribution in [1.82, 2.24) is 4.57 Å². The molecule has 2 heterocycles. The lowest BCUT2D eigenvalue weighted by Gasteiger charge is -2.30. The fourth-order valence-corrected chi connectivity index (χ4v) is 4.20. The molecule has 1 aliphatic heterocycles. The van der Waals surface area contributed by atoms with Gasteiger partial charge in [-0.1, -0.05) is 31.2 Å². The van der Waals surface area contributed by atoms with Crippen LogP contribution in [0.1, 0.15) is 40.4 Å². The van der Waals surface area contributed by atoms with Crippen LogP contribution >= 0.6 is 0 Å². The molecule has 0 aliphatic carbocycles. The third-order valence-corrected chi connectivity index (χ3v) is 5.80. The van der Waals surface area contributed by atoms with Gasteiger partial charge in [0.1, 0.15) is 17.2 Å². The van der Waals surface area contributed by atoms with Crippen LogP contribution in [0, 0.1) is 17.6 Å². The second-order valence-corrected chi connectivity index (χ2v) is 8.14. The number of carbonyl (C=O) groups excluding carboxylic acids is 1. The summed E-state index contributed by atoms with van der Waals surface area (Å²) >= 11 is 0. The van der Waals surface area contributed by atoms with Crippen molar-refractivity contribution in [3.8, 4) is 0 Å². The van der Waals surface area contributed by atoms with Crippen molar-refractivity contribution in [3.63, 3.8) is 0 Å². The minimum atomic E-state index is -1.14. The number of carbonyl (C=O) groups is 1. The Hall–Kier alpha value is -3.32. The van der Waals surface area contributed by atoms with Crippen LogP contribution in [0.4, 0.5) is 8.78 Å². The van der Waals surface area contributed by atoms with Gasteiger partial charge in [-0.15, -0.1) is 0 Å². The van der Waals surface area contributed by atoms with Gasteiger partial charge in [-0.05, 0) is 47.7 Å². The van der Waals surface area contributed by atoms with Gasteiger partial charge in [0.2, 0.25) is 0 Å². The van der Waals surface area contributed by atoms with Crippen molar-refractivity contribution in [2.24, 2.45) is 5.92 Å². The van der Waals surface area contributed by atoms with Crippen LogP contribution in [0.15, 0.2) is 65.6 Å². The van der Waals surface area contributed by atoms with E-state index < -0.39 is 23.2 Å². The average molecular weight is 439 g/mol. The Kier molecular flexibility index (Phi) is 5.93. The van der Waals surface area contributed by atoms with Crippen LogP contribution in [0.5, 0.6) is 0 Å². The SMILES string of the molecule is COC(=O)c1ccc(Cn2cc(F)c(C3(c4ccc(F)cc4)CC(C)CO3)cc2=O)cc1. The molecule has 0 amide bonds. The van der Waals surface area contributed by atoms with E-state index in [0.29, 0.717) is 24.2 Å². The molecule has 7 heteroatoms. The number of nitrogens with zero attached hydrogens (tertiary/aromatic N) is 1. The van der Waals surface area contributed by atoms with Gasteiger partial charge in [0.05, 0.1) is 25.8 Å². The van der Waals surface area contributed by atoms with Gasteiger partial charge >= 0.3 is 5.97 Å².